The zero-order valence-corrected chi connectivity index (χ0v) is 15.1. The number of nitrogens with two attached hydrogens (primary N) is 2. The van der Waals surface area contributed by atoms with E-state index in [2.05, 4.69) is 24.3 Å². The summed E-state index contributed by atoms with van der Waals surface area (Å²) in [6, 6.07) is 27.9. The molecule has 134 valence electrons. The van der Waals surface area contributed by atoms with Crippen LogP contribution in [0.3, 0.4) is 0 Å². The third-order valence-corrected chi connectivity index (χ3v) is 4.90. The number of rotatable bonds is 2. The van der Waals surface area contributed by atoms with Crippen LogP contribution in [0.5, 0.6) is 0 Å². The lowest BCUT2D eigenvalue weighted by Gasteiger charge is -2.12. The smallest absolute Gasteiger partial charge is 0.0973 e. The van der Waals surface area contributed by atoms with Gasteiger partial charge in [-0.25, -0.2) is 9.97 Å². The van der Waals surface area contributed by atoms with Crippen molar-refractivity contribution in [2.45, 2.75) is 0 Å². The summed E-state index contributed by atoms with van der Waals surface area (Å²) in [6.07, 6.45) is 0. The molecule has 5 rings (SSSR count). The Morgan fingerprint density at radius 1 is 0.500 bits per heavy atom. The van der Waals surface area contributed by atoms with Crippen molar-refractivity contribution in [3.63, 3.8) is 0 Å². The summed E-state index contributed by atoms with van der Waals surface area (Å²) >= 11 is 0. The van der Waals surface area contributed by atoms with Gasteiger partial charge < -0.3 is 11.5 Å². The van der Waals surface area contributed by atoms with Crippen LogP contribution in [0.4, 0.5) is 11.4 Å². The summed E-state index contributed by atoms with van der Waals surface area (Å²) < 4.78 is 0. The molecule has 4 heteroatoms. The molecule has 4 N–H and O–H groups in total. The SMILES string of the molecule is Nc1ccc(-c2nc3cc4ccccc4cc3nc2-c2ccc(N)cc2)cc1. The van der Waals surface area contributed by atoms with Gasteiger partial charge in [0.25, 0.3) is 0 Å². The van der Waals surface area contributed by atoms with Gasteiger partial charge in [-0.05, 0) is 47.2 Å². The van der Waals surface area contributed by atoms with E-state index in [1.54, 1.807) is 0 Å². The number of nitrogen functional groups attached to an aromatic ring is 2. The minimum absolute atomic E-state index is 0.720. The molecule has 0 aliphatic heterocycles. The molecule has 0 bridgehead atoms. The van der Waals surface area contributed by atoms with Crippen LogP contribution < -0.4 is 11.5 Å². The van der Waals surface area contributed by atoms with Gasteiger partial charge in [0.05, 0.1) is 22.4 Å². The molecule has 0 fully saturated rings. The Kier molecular flexibility index (Phi) is 3.69. The van der Waals surface area contributed by atoms with Gasteiger partial charge in [-0.1, -0.05) is 48.5 Å². The highest BCUT2D eigenvalue weighted by molar-refractivity contribution is 5.97. The van der Waals surface area contributed by atoms with Gasteiger partial charge >= 0.3 is 0 Å². The molecule has 4 nitrogen and oxygen atoms in total. The minimum atomic E-state index is 0.720. The molecule has 4 aromatic carbocycles. The van der Waals surface area contributed by atoms with E-state index in [0.29, 0.717) is 0 Å². The normalized spacial score (nSPS) is 11.1. The largest absolute Gasteiger partial charge is 0.399 e. The number of hydrogen-bond donors (Lipinski definition) is 2. The molecule has 5 aromatic rings. The van der Waals surface area contributed by atoms with Crippen LogP contribution in [0.15, 0.2) is 84.9 Å². The molecule has 0 atom stereocenters. The molecular weight excluding hydrogens is 344 g/mol. The quantitative estimate of drug-likeness (QED) is 0.331. The van der Waals surface area contributed by atoms with Crippen molar-refractivity contribution in [1.82, 2.24) is 9.97 Å². The van der Waals surface area contributed by atoms with Crippen LogP contribution in [0.25, 0.3) is 44.3 Å². The maximum Gasteiger partial charge on any atom is 0.0973 e. The number of hydrogen-bond acceptors (Lipinski definition) is 4. The van der Waals surface area contributed by atoms with Crippen LogP contribution in [-0.4, -0.2) is 9.97 Å². The third-order valence-electron chi connectivity index (χ3n) is 4.90. The molecule has 0 unspecified atom stereocenters. The van der Waals surface area contributed by atoms with Crippen molar-refractivity contribution in [2.24, 2.45) is 0 Å². The first-order chi connectivity index (χ1) is 13.7. The van der Waals surface area contributed by atoms with Gasteiger partial charge in [0.1, 0.15) is 0 Å². The lowest BCUT2D eigenvalue weighted by Crippen LogP contribution is -1.96. The fourth-order valence-electron chi connectivity index (χ4n) is 3.43. The molecule has 0 saturated carbocycles. The lowest BCUT2D eigenvalue weighted by atomic mass is 10.0. The van der Waals surface area contributed by atoms with Gasteiger partial charge in [0.15, 0.2) is 0 Å². The van der Waals surface area contributed by atoms with Crippen molar-refractivity contribution in [3.8, 4) is 22.5 Å². The minimum Gasteiger partial charge on any atom is -0.399 e. The summed E-state index contributed by atoms with van der Waals surface area (Å²) in [5.74, 6) is 0. The topological polar surface area (TPSA) is 77.8 Å². The highest BCUT2D eigenvalue weighted by Gasteiger charge is 2.14. The first kappa shape index (κ1) is 16.3. The van der Waals surface area contributed by atoms with Gasteiger partial charge in [-0.2, -0.15) is 0 Å². The standard InChI is InChI=1S/C24H18N4/c25-19-9-5-15(6-10-19)23-24(16-7-11-20(26)12-8-16)28-22-14-18-4-2-1-3-17(18)13-21(22)27-23/h1-14H,25-26H2. The van der Waals surface area contributed by atoms with E-state index < -0.39 is 0 Å². The van der Waals surface area contributed by atoms with E-state index in [0.717, 1.165) is 55.7 Å². The molecule has 0 amide bonds. The first-order valence-electron chi connectivity index (χ1n) is 9.10. The van der Waals surface area contributed by atoms with Gasteiger partial charge in [0, 0.05) is 22.5 Å². The Labute approximate surface area is 162 Å². The Bertz CT molecular complexity index is 1200. The van der Waals surface area contributed by atoms with E-state index >= 15 is 0 Å². The van der Waals surface area contributed by atoms with E-state index in [1.165, 1.54) is 0 Å². The maximum absolute atomic E-state index is 5.87. The van der Waals surface area contributed by atoms with Gasteiger partial charge in [-0.3, -0.25) is 0 Å². The third kappa shape index (κ3) is 2.81. The van der Waals surface area contributed by atoms with Crippen LogP contribution in [0.1, 0.15) is 0 Å². The summed E-state index contributed by atoms with van der Waals surface area (Å²) in [5, 5.41) is 2.29. The fourth-order valence-corrected chi connectivity index (χ4v) is 3.43. The number of fused-ring (bicyclic) bond motifs is 2. The zero-order valence-electron chi connectivity index (χ0n) is 15.1. The van der Waals surface area contributed by atoms with Crippen molar-refractivity contribution >= 4 is 33.2 Å². The Morgan fingerprint density at radius 3 is 1.29 bits per heavy atom. The van der Waals surface area contributed by atoms with Crippen LogP contribution in [-0.2, 0) is 0 Å². The molecule has 1 heterocycles. The molecule has 0 radical (unpaired) electrons. The predicted octanol–water partition coefficient (Wildman–Crippen LogP) is 5.28. The van der Waals surface area contributed by atoms with Crippen molar-refractivity contribution in [1.29, 1.82) is 0 Å². The molecule has 0 aliphatic rings. The number of aromatic nitrogens is 2. The average Bonchev–Trinajstić information content (AvgIpc) is 2.72. The number of benzene rings is 4. The van der Waals surface area contributed by atoms with E-state index in [4.69, 9.17) is 21.4 Å². The Hall–Kier alpha value is -3.92. The molecule has 1 aromatic heterocycles. The number of nitrogens with zero attached hydrogens (tertiary/aromatic N) is 2. The molecule has 0 saturated heterocycles. The molecular formula is C24H18N4. The first-order valence-corrected chi connectivity index (χ1v) is 9.10. The van der Waals surface area contributed by atoms with Crippen molar-refractivity contribution < 1.29 is 0 Å². The second kappa shape index (κ2) is 6.35. The highest BCUT2D eigenvalue weighted by atomic mass is 14.8. The van der Waals surface area contributed by atoms with E-state index in [9.17, 15) is 0 Å². The summed E-state index contributed by atoms with van der Waals surface area (Å²) in [6.45, 7) is 0. The second-order valence-corrected chi connectivity index (χ2v) is 6.85. The van der Waals surface area contributed by atoms with E-state index in [-0.39, 0.29) is 0 Å². The van der Waals surface area contributed by atoms with Gasteiger partial charge in [-0.15, -0.1) is 0 Å². The van der Waals surface area contributed by atoms with Crippen LogP contribution in [0, 0.1) is 0 Å². The molecule has 0 spiro atoms. The summed E-state index contributed by atoms with van der Waals surface area (Å²) in [5.41, 5.74) is 18.5. The fraction of sp³-hybridized carbons (Fsp3) is 0. The molecule has 28 heavy (non-hydrogen) atoms. The lowest BCUT2D eigenvalue weighted by molar-refractivity contribution is 1.30. The highest BCUT2D eigenvalue weighted by Crippen LogP contribution is 2.33. The second-order valence-electron chi connectivity index (χ2n) is 6.85. The number of anilines is 2. The maximum atomic E-state index is 5.87. The summed E-state index contributed by atoms with van der Waals surface area (Å²) in [7, 11) is 0. The van der Waals surface area contributed by atoms with Crippen LogP contribution in [0.2, 0.25) is 0 Å². The van der Waals surface area contributed by atoms with Gasteiger partial charge in [0.2, 0.25) is 0 Å². The molecule has 0 aliphatic carbocycles. The average molecular weight is 362 g/mol. The zero-order chi connectivity index (χ0) is 19.1. The van der Waals surface area contributed by atoms with Crippen LogP contribution >= 0.6 is 0 Å². The Morgan fingerprint density at radius 2 is 0.893 bits per heavy atom. The van der Waals surface area contributed by atoms with Crippen molar-refractivity contribution in [2.75, 3.05) is 11.5 Å². The predicted molar refractivity (Wildman–Crippen MR) is 117 cm³/mol. The monoisotopic (exact) mass is 362 g/mol. The Balaban J connectivity index is 1.82. The summed E-state index contributed by atoms with van der Waals surface area (Å²) in [4.78, 5) is 9.98. The van der Waals surface area contributed by atoms with E-state index in [1.807, 2.05) is 60.7 Å². The van der Waals surface area contributed by atoms with Crippen molar-refractivity contribution in [3.05, 3.63) is 84.9 Å².